The molecule has 0 amide bonds. The Labute approximate surface area is 208 Å². The molecule has 0 unspecified atom stereocenters. The van der Waals surface area contributed by atoms with Crippen molar-refractivity contribution in [3.8, 4) is 11.5 Å². The van der Waals surface area contributed by atoms with Crippen LogP contribution in [0.5, 0.6) is 11.5 Å². The van der Waals surface area contributed by atoms with Crippen LogP contribution in [0.3, 0.4) is 0 Å². The summed E-state index contributed by atoms with van der Waals surface area (Å²) in [6.45, 7) is 2.19. The van der Waals surface area contributed by atoms with Crippen molar-refractivity contribution >= 4 is 47.0 Å². The molecule has 7 nitrogen and oxygen atoms in total. The lowest BCUT2D eigenvalue weighted by Crippen LogP contribution is -2.22. The highest BCUT2D eigenvalue weighted by Gasteiger charge is 2.12. The summed E-state index contributed by atoms with van der Waals surface area (Å²) in [6, 6.07) is 17.6. The number of nitrogens with one attached hydrogen (secondary N) is 2. The zero-order valence-electron chi connectivity index (χ0n) is 17.8. The first-order chi connectivity index (χ1) is 15.5. The van der Waals surface area contributed by atoms with Crippen molar-refractivity contribution in [2.45, 2.75) is 13.2 Å². The summed E-state index contributed by atoms with van der Waals surface area (Å²) < 4.78 is 11.5. The van der Waals surface area contributed by atoms with Gasteiger partial charge in [0.25, 0.3) is 5.69 Å². The zero-order valence-corrected chi connectivity index (χ0v) is 20.2. The number of nitrogens with zero attached hydrogens (tertiary/aromatic N) is 1. The van der Waals surface area contributed by atoms with Crippen LogP contribution in [-0.2, 0) is 13.2 Å². The maximum Gasteiger partial charge on any atom is 0.271 e. The number of methoxy groups -OCH3 is 1. The lowest BCUT2D eigenvalue weighted by atomic mass is 10.1. The number of non-ortho nitro benzene ring substituents is 1. The maximum absolute atomic E-state index is 10.8. The van der Waals surface area contributed by atoms with E-state index in [0.29, 0.717) is 53.5 Å². The Hall–Kier alpha value is -2.71. The summed E-state index contributed by atoms with van der Waals surface area (Å²) in [5.41, 5.74) is 2.57. The van der Waals surface area contributed by atoms with Gasteiger partial charge in [-0.1, -0.05) is 47.5 Å². The minimum atomic E-state index is -0.474. The summed E-state index contributed by atoms with van der Waals surface area (Å²) in [6.07, 6.45) is 0. The van der Waals surface area contributed by atoms with Crippen LogP contribution in [0.4, 0.5) is 11.4 Å². The number of halogens is 3. The van der Waals surface area contributed by atoms with Crippen molar-refractivity contribution in [1.82, 2.24) is 5.32 Å². The predicted octanol–water partition coefficient (Wildman–Crippen LogP) is 6.11. The summed E-state index contributed by atoms with van der Waals surface area (Å²) >= 11 is 12.0. The lowest BCUT2D eigenvalue weighted by Gasteiger charge is -2.16. The number of para-hydroxylation sites is 1. The topological polar surface area (TPSA) is 85.7 Å². The first-order valence-corrected chi connectivity index (χ1v) is 10.6. The molecule has 176 valence electrons. The molecule has 33 heavy (non-hydrogen) atoms. The van der Waals surface area contributed by atoms with Crippen LogP contribution in [0.15, 0.2) is 60.7 Å². The number of benzene rings is 3. The highest BCUT2D eigenvalue weighted by molar-refractivity contribution is 6.33. The molecular weight excluding hydrogens is 489 g/mol. The zero-order chi connectivity index (χ0) is 22.9. The molecule has 0 aromatic heterocycles. The van der Waals surface area contributed by atoms with Crippen molar-refractivity contribution in [3.63, 3.8) is 0 Å². The minimum Gasteiger partial charge on any atom is -0.493 e. The highest BCUT2D eigenvalue weighted by Crippen LogP contribution is 2.32. The average molecular weight is 513 g/mol. The smallest absolute Gasteiger partial charge is 0.271 e. The third kappa shape index (κ3) is 7.68. The second-order valence-corrected chi connectivity index (χ2v) is 7.73. The normalized spacial score (nSPS) is 10.3. The second-order valence-electron chi connectivity index (χ2n) is 6.89. The number of anilines is 1. The number of rotatable bonds is 11. The molecule has 0 saturated carbocycles. The second kappa shape index (κ2) is 13.1. The molecule has 3 rings (SSSR count). The van der Waals surface area contributed by atoms with Crippen LogP contribution in [0.1, 0.15) is 11.1 Å². The van der Waals surface area contributed by atoms with E-state index in [-0.39, 0.29) is 18.1 Å². The third-order valence-electron chi connectivity index (χ3n) is 4.67. The van der Waals surface area contributed by atoms with Gasteiger partial charge in [-0.15, -0.1) is 12.4 Å². The maximum atomic E-state index is 10.8. The monoisotopic (exact) mass is 511 g/mol. The van der Waals surface area contributed by atoms with Gasteiger partial charge >= 0.3 is 0 Å². The van der Waals surface area contributed by atoms with E-state index in [4.69, 9.17) is 32.7 Å². The molecule has 3 aromatic carbocycles. The Morgan fingerprint density at radius 3 is 2.45 bits per heavy atom. The van der Waals surface area contributed by atoms with Gasteiger partial charge in [-0.05, 0) is 29.8 Å². The van der Waals surface area contributed by atoms with E-state index in [1.54, 1.807) is 13.2 Å². The van der Waals surface area contributed by atoms with Crippen molar-refractivity contribution < 1.29 is 14.4 Å². The Kier molecular flexibility index (Phi) is 10.5. The van der Waals surface area contributed by atoms with Gasteiger partial charge < -0.3 is 20.1 Å². The van der Waals surface area contributed by atoms with Crippen LogP contribution >= 0.6 is 35.6 Å². The molecule has 3 aromatic rings. The van der Waals surface area contributed by atoms with Gasteiger partial charge in [-0.25, -0.2) is 0 Å². The van der Waals surface area contributed by atoms with Gasteiger partial charge in [0.1, 0.15) is 6.61 Å². The van der Waals surface area contributed by atoms with Crippen LogP contribution < -0.4 is 20.1 Å². The summed E-state index contributed by atoms with van der Waals surface area (Å²) in [5, 5.41) is 18.3. The number of hydrogen-bond donors (Lipinski definition) is 2. The van der Waals surface area contributed by atoms with E-state index in [1.807, 2.05) is 42.5 Å². The van der Waals surface area contributed by atoms with Gasteiger partial charge in [0.2, 0.25) is 0 Å². The molecule has 0 heterocycles. The molecule has 0 atom stereocenters. The minimum absolute atomic E-state index is 0. The fourth-order valence-electron chi connectivity index (χ4n) is 3.03. The van der Waals surface area contributed by atoms with E-state index >= 15 is 0 Å². The summed E-state index contributed by atoms with van der Waals surface area (Å²) in [5.74, 6) is 1.35. The van der Waals surface area contributed by atoms with Crippen molar-refractivity contribution in [2.24, 2.45) is 0 Å². The predicted molar refractivity (Wildman–Crippen MR) is 134 cm³/mol. The van der Waals surface area contributed by atoms with Gasteiger partial charge in [-0.3, -0.25) is 10.1 Å². The standard InChI is InChI=1S/C23H23Cl2N3O4.ClH/c1-31-22-4-2-3-17(23(22)32-15-16-5-7-18(24)8-6-16)14-26-11-12-27-21-10-9-19(28(29)30)13-20(21)25;/h2-10,13,26-27H,11-12,14-15H2,1H3;1H. The molecule has 10 heteroatoms. The first kappa shape index (κ1) is 26.5. The van der Waals surface area contributed by atoms with Crippen LogP contribution in [0, 0.1) is 10.1 Å². The van der Waals surface area contributed by atoms with E-state index in [0.717, 1.165) is 11.1 Å². The van der Waals surface area contributed by atoms with Gasteiger partial charge in [0, 0.05) is 42.4 Å². The van der Waals surface area contributed by atoms with E-state index in [2.05, 4.69) is 10.6 Å². The Balaban J connectivity index is 0.00000385. The molecule has 0 saturated heterocycles. The Morgan fingerprint density at radius 2 is 1.79 bits per heavy atom. The van der Waals surface area contributed by atoms with Crippen LogP contribution in [0.2, 0.25) is 10.0 Å². The SMILES string of the molecule is COc1cccc(CNCCNc2ccc([N+](=O)[O-])cc2Cl)c1OCc1ccc(Cl)cc1.Cl. The number of ether oxygens (including phenoxy) is 2. The fourth-order valence-corrected chi connectivity index (χ4v) is 3.40. The van der Waals surface area contributed by atoms with E-state index in [9.17, 15) is 10.1 Å². The molecule has 0 aliphatic heterocycles. The number of nitro benzene ring substituents is 1. The van der Waals surface area contributed by atoms with Crippen LogP contribution in [0.25, 0.3) is 0 Å². The molecule has 0 radical (unpaired) electrons. The van der Waals surface area contributed by atoms with E-state index in [1.165, 1.54) is 12.1 Å². The van der Waals surface area contributed by atoms with Gasteiger partial charge in [0.05, 0.1) is 22.7 Å². The average Bonchev–Trinajstić information content (AvgIpc) is 2.79. The molecule has 0 aliphatic rings. The van der Waals surface area contributed by atoms with Crippen molar-refractivity contribution in [3.05, 3.63) is 92.0 Å². The molecule has 0 aliphatic carbocycles. The van der Waals surface area contributed by atoms with Gasteiger partial charge in [-0.2, -0.15) is 0 Å². The molecule has 2 N–H and O–H groups in total. The van der Waals surface area contributed by atoms with Crippen molar-refractivity contribution in [2.75, 3.05) is 25.5 Å². The quantitative estimate of drug-likeness (QED) is 0.183. The number of hydrogen-bond acceptors (Lipinski definition) is 6. The first-order valence-electron chi connectivity index (χ1n) is 9.89. The van der Waals surface area contributed by atoms with Crippen molar-refractivity contribution in [1.29, 1.82) is 0 Å². The fraction of sp³-hybridized carbons (Fsp3) is 0.217. The largest absolute Gasteiger partial charge is 0.493 e. The molecule has 0 bridgehead atoms. The highest BCUT2D eigenvalue weighted by atomic mass is 35.5. The molecular formula is C23H24Cl3N3O4. The Bertz CT molecular complexity index is 1070. The van der Waals surface area contributed by atoms with E-state index < -0.39 is 4.92 Å². The summed E-state index contributed by atoms with van der Waals surface area (Å²) in [7, 11) is 1.61. The third-order valence-corrected chi connectivity index (χ3v) is 5.24. The van der Waals surface area contributed by atoms with Gasteiger partial charge in [0.15, 0.2) is 11.5 Å². The molecule has 0 spiro atoms. The van der Waals surface area contributed by atoms with Crippen LogP contribution in [-0.4, -0.2) is 25.1 Å². The molecule has 0 fully saturated rings. The summed E-state index contributed by atoms with van der Waals surface area (Å²) in [4.78, 5) is 10.3. The number of nitro groups is 1. The lowest BCUT2D eigenvalue weighted by molar-refractivity contribution is -0.384. The Morgan fingerprint density at radius 1 is 1.03 bits per heavy atom.